The summed E-state index contributed by atoms with van der Waals surface area (Å²) in [7, 11) is -3.55. The van der Waals surface area contributed by atoms with Gasteiger partial charge in [-0.05, 0) is 69.0 Å². The van der Waals surface area contributed by atoms with Crippen LogP contribution in [0, 0.1) is 6.92 Å². The van der Waals surface area contributed by atoms with E-state index in [2.05, 4.69) is 0 Å². The van der Waals surface area contributed by atoms with Crippen LogP contribution in [0.1, 0.15) is 53.3 Å². The standard InChI is InChI=1S/C22H26ClN3O3S/c1-16-4-9-20(22(27)25-12-2-3-13-25)21(24-16)17-10-14-26(15-11-17)30(28,29)19-7-5-18(23)6-8-19/h4-9,17H,2-3,10-15H2,1H3. The summed E-state index contributed by atoms with van der Waals surface area (Å²) in [4.78, 5) is 19.9. The molecule has 0 spiro atoms. The number of sulfonamides is 1. The largest absolute Gasteiger partial charge is 0.339 e. The smallest absolute Gasteiger partial charge is 0.255 e. The van der Waals surface area contributed by atoms with Gasteiger partial charge in [-0.1, -0.05) is 11.6 Å². The van der Waals surface area contributed by atoms with E-state index in [1.165, 1.54) is 4.31 Å². The number of likely N-dealkylation sites (tertiary alicyclic amines) is 1. The Morgan fingerprint density at radius 2 is 1.63 bits per heavy atom. The number of rotatable bonds is 4. The topological polar surface area (TPSA) is 70.6 Å². The maximum absolute atomic E-state index is 13.0. The Labute approximate surface area is 182 Å². The third-order valence-electron chi connectivity index (χ3n) is 5.98. The molecule has 160 valence electrons. The van der Waals surface area contributed by atoms with Crippen molar-refractivity contribution in [3.05, 3.63) is 58.4 Å². The molecular weight excluding hydrogens is 422 g/mol. The number of pyridine rings is 1. The fourth-order valence-electron chi connectivity index (χ4n) is 4.28. The molecule has 4 rings (SSSR count). The fraction of sp³-hybridized carbons (Fsp3) is 0.455. The van der Waals surface area contributed by atoms with E-state index in [-0.39, 0.29) is 16.7 Å². The van der Waals surface area contributed by atoms with Crippen LogP contribution < -0.4 is 0 Å². The highest BCUT2D eigenvalue weighted by molar-refractivity contribution is 7.89. The minimum absolute atomic E-state index is 0.0474. The molecule has 1 amide bonds. The van der Waals surface area contributed by atoms with Crippen molar-refractivity contribution in [1.29, 1.82) is 0 Å². The summed E-state index contributed by atoms with van der Waals surface area (Å²) in [6.45, 7) is 4.33. The molecule has 2 aliphatic rings. The van der Waals surface area contributed by atoms with Crippen molar-refractivity contribution < 1.29 is 13.2 Å². The number of carbonyl (C=O) groups is 1. The number of carbonyl (C=O) groups excluding carboxylic acids is 1. The minimum atomic E-state index is -3.55. The molecule has 3 heterocycles. The van der Waals surface area contributed by atoms with Crippen LogP contribution in [0.3, 0.4) is 0 Å². The Balaban J connectivity index is 1.52. The molecule has 0 aliphatic carbocycles. The van der Waals surface area contributed by atoms with Crippen molar-refractivity contribution in [3.8, 4) is 0 Å². The van der Waals surface area contributed by atoms with Crippen LogP contribution in [0.25, 0.3) is 0 Å². The number of aromatic nitrogens is 1. The van der Waals surface area contributed by atoms with Gasteiger partial charge in [0.25, 0.3) is 5.91 Å². The third-order valence-corrected chi connectivity index (χ3v) is 8.14. The molecule has 0 bridgehead atoms. The highest BCUT2D eigenvalue weighted by atomic mass is 35.5. The van der Waals surface area contributed by atoms with E-state index in [4.69, 9.17) is 16.6 Å². The molecule has 2 saturated heterocycles. The first-order valence-electron chi connectivity index (χ1n) is 10.4. The Morgan fingerprint density at radius 3 is 2.27 bits per heavy atom. The molecular formula is C22H26ClN3O3S. The van der Waals surface area contributed by atoms with Gasteiger partial charge in [0.2, 0.25) is 10.0 Å². The van der Waals surface area contributed by atoms with E-state index in [9.17, 15) is 13.2 Å². The quantitative estimate of drug-likeness (QED) is 0.713. The van der Waals surface area contributed by atoms with E-state index in [1.54, 1.807) is 24.3 Å². The van der Waals surface area contributed by atoms with Gasteiger partial charge in [0, 0.05) is 42.8 Å². The van der Waals surface area contributed by atoms with Crippen molar-refractivity contribution in [3.63, 3.8) is 0 Å². The van der Waals surface area contributed by atoms with Crippen molar-refractivity contribution in [1.82, 2.24) is 14.2 Å². The zero-order valence-corrected chi connectivity index (χ0v) is 18.6. The summed E-state index contributed by atoms with van der Waals surface area (Å²) in [5.41, 5.74) is 2.36. The molecule has 0 saturated carbocycles. The average molecular weight is 448 g/mol. The number of benzene rings is 1. The second-order valence-electron chi connectivity index (χ2n) is 8.02. The van der Waals surface area contributed by atoms with Crippen LogP contribution >= 0.6 is 11.6 Å². The molecule has 8 heteroatoms. The predicted octanol–water partition coefficient (Wildman–Crippen LogP) is 3.85. The maximum Gasteiger partial charge on any atom is 0.255 e. The lowest BCUT2D eigenvalue weighted by Gasteiger charge is -2.32. The van der Waals surface area contributed by atoms with Gasteiger partial charge in [-0.2, -0.15) is 4.31 Å². The lowest BCUT2D eigenvalue weighted by molar-refractivity contribution is 0.0790. The van der Waals surface area contributed by atoms with Crippen molar-refractivity contribution in [2.24, 2.45) is 0 Å². The summed E-state index contributed by atoms with van der Waals surface area (Å²) in [5, 5.41) is 0.508. The Kier molecular flexibility index (Phi) is 6.14. The summed E-state index contributed by atoms with van der Waals surface area (Å²) in [6.07, 6.45) is 3.37. The van der Waals surface area contributed by atoms with Gasteiger partial charge in [0.05, 0.1) is 16.2 Å². The van der Waals surface area contributed by atoms with Gasteiger partial charge in [0.15, 0.2) is 0 Å². The Morgan fingerprint density at radius 1 is 1.00 bits per heavy atom. The van der Waals surface area contributed by atoms with Crippen LogP contribution in [0.2, 0.25) is 5.02 Å². The SMILES string of the molecule is Cc1ccc(C(=O)N2CCCC2)c(C2CCN(S(=O)(=O)c3ccc(Cl)cc3)CC2)n1. The van der Waals surface area contributed by atoms with Crippen LogP contribution in [-0.4, -0.2) is 54.7 Å². The molecule has 0 N–H and O–H groups in total. The normalized spacial score (nSPS) is 18.7. The van der Waals surface area contributed by atoms with Crippen molar-refractivity contribution in [2.45, 2.75) is 43.4 Å². The van der Waals surface area contributed by atoms with E-state index >= 15 is 0 Å². The highest BCUT2D eigenvalue weighted by Gasteiger charge is 2.33. The number of nitrogens with zero attached hydrogens (tertiary/aromatic N) is 3. The van der Waals surface area contributed by atoms with Gasteiger partial charge >= 0.3 is 0 Å². The first-order valence-corrected chi connectivity index (χ1v) is 12.2. The number of hydrogen-bond donors (Lipinski definition) is 0. The van der Waals surface area contributed by atoms with E-state index in [0.717, 1.165) is 37.3 Å². The first-order chi connectivity index (χ1) is 14.4. The zero-order valence-electron chi connectivity index (χ0n) is 17.1. The third kappa shape index (κ3) is 4.24. The molecule has 2 aromatic rings. The van der Waals surface area contributed by atoms with Crippen molar-refractivity contribution in [2.75, 3.05) is 26.2 Å². The predicted molar refractivity (Wildman–Crippen MR) is 116 cm³/mol. The monoisotopic (exact) mass is 447 g/mol. The number of piperidine rings is 1. The number of amides is 1. The van der Waals surface area contributed by atoms with Gasteiger partial charge in [-0.15, -0.1) is 0 Å². The van der Waals surface area contributed by atoms with E-state index in [1.807, 2.05) is 24.0 Å². The number of halogens is 1. The summed E-state index contributed by atoms with van der Waals surface area (Å²) >= 11 is 5.89. The maximum atomic E-state index is 13.0. The molecule has 2 fully saturated rings. The Bertz CT molecular complexity index is 1030. The van der Waals surface area contributed by atoms with Crippen molar-refractivity contribution >= 4 is 27.5 Å². The summed E-state index contributed by atoms with van der Waals surface area (Å²) < 4.78 is 27.4. The molecule has 30 heavy (non-hydrogen) atoms. The van der Waals surface area contributed by atoms with Gasteiger partial charge in [0.1, 0.15) is 0 Å². The molecule has 0 radical (unpaired) electrons. The fourth-order valence-corrected chi connectivity index (χ4v) is 5.88. The second-order valence-corrected chi connectivity index (χ2v) is 10.4. The van der Waals surface area contributed by atoms with Gasteiger partial charge < -0.3 is 4.90 Å². The van der Waals surface area contributed by atoms with Crippen LogP contribution in [-0.2, 0) is 10.0 Å². The average Bonchev–Trinajstić information content (AvgIpc) is 3.28. The van der Waals surface area contributed by atoms with Gasteiger partial charge in [-0.3, -0.25) is 9.78 Å². The number of aryl methyl sites for hydroxylation is 1. The molecule has 0 unspecified atom stereocenters. The van der Waals surface area contributed by atoms with Gasteiger partial charge in [-0.25, -0.2) is 8.42 Å². The van der Waals surface area contributed by atoms with Crippen LogP contribution in [0.5, 0.6) is 0 Å². The molecule has 1 aromatic carbocycles. The molecule has 6 nitrogen and oxygen atoms in total. The lowest BCUT2D eigenvalue weighted by atomic mass is 9.90. The minimum Gasteiger partial charge on any atom is -0.339 e. The summed E-state index contributed by atoms with van der Waals surface area (Å²) in [6, 6.07) is 10.0. The zero-order chi connectivity index (χ0) is 21.3. The molecule has 0 atom stereocenters. The Hall–Kier alpha value is -1.96. The second kappa shape index (κ2) is 8.65. The first kappa shape index (κ1) is 21.3. The highest BCUT2D eigenvalue weighted by Crippen LogP contribution is 2.32. The molecule has 1 aromatic heterocycles. The number of hydrogen-bond acceptors (Lipinski definition) is 4. The van der Waals surface area contributed by atoms with E-state index in [0.29, 0.717) is 36.5 Å². The summed E-state index contributed by atoms with van der Waals surface area (Å²) in [5.74, 6) is 0.120. The van der Waals surface area contributed by atoms with E-state index < -0.39 is 10.0 Å². The molecule has 2 aliphatic heterocycles. The van der Waals surface area contributed by atoms with Crippen LogP contribution in [0.15, 0.2) is 41.3 Å². The lowest BCUT2D eigenvalue weighted by Crippen LogP contribution is -2.38. The van der Waals surface area contributed by atoms with Crippen LogP contribution in [0.4, 0.5) is 0 Å².